The Morgan fingerprint density at radius 3 is 1.77 bits per heavy atom. The Morgan fingerprint density at radius 1 is 1.04 bits per heavy atom. The normalized spacial score (nSPS) is 16.4. The molecule has 0 aromatic heterocycles. The summed E-state index contributed by atoms with van der Waals surface area (Å²) in [6, 6.07) is 0. The number of hydrogen-bond acceptors (Lipinski definition) is 4. The van der Waals surface area contributed by atoms with Crippen LogP contribution in [0.25, 0.3) is 0 Å². The maximum Gasteiger partial charge on any atom is 0.460 e. The Hall–Kier alpha value is -1.64. The molecule has 154 valence electrons. The van der Waals surface area contributed by atoms with Gasteiger partial charge >= 0.3 is 33.4 Å². The van der Waals surface area contributed by atoms with Crippen molar-refractivity contribution in [3.8, 4) is 0 Å². The fourth-order valence-corrected chi connectivity index (χ4v) is 1.85. The molecule has 0 bridgehead atoms. The summed E-state index contributed by atoms with van der Waals surface area (Å²) in [5.41, 5.74) is 0. The molecule has 5 nitrogen and oxygen atoms in total. The van der Waals surface area contributed by atoms with E-state index in [1.165, 1.54) is 0 Å². The second kappa shape index (κ2) is 7.54. The van der Waals surface area contributed by atoms with Crippen molar-refractivity contribution >= 4 is 10.1 Å². The SMILES string of the molecule is C=CCN1C=CN(C)C1.O=S(=O)(O)C(F)(F)C(F)(F)C(F)(F)C(F)(F)F. The first-order valence-electron chi connectivity index (χ1n) is 6.23. The molecule has 1 heterocycles. The van der Waals surface area contributed by atoms with Gasteiger partial charge in [0.25, 0.3) is 0 Å². The monoisotopic (exact) mass is 424 g/mol. The van der Waals surface area contributed by atoms with E-state index in [2.05, 4.69) is 35.8 Å². The van der Waals surface area contributed by atoms with Crippen molar-refractivity contribution in [2.24, 2.45) is 0 Å². The van der Waals surface area contributed by atoms with Crippen LogP contribution in [0.3, 0.4) is 0 Å². The molecule has 0 atom stereocenters. The van der Waals surface area contributed by atoms with E-state index < -0.39 is 33.4 Å². The smallest absolute Gasteiger partial charge is 0.362 e. The molecular weight excluding hydrogens is 411 g/mol. The second-order valence-corrected chi connectivity index (χ2v) is 6.36. The molecule has 1 N–H and O–H groups in total. The highest BCUT2D eigenvalue weighted by atomic mass is 32.2. The number of nitrogens with zero attached hydrogens (tertiary/aromatic N) is 2. The van der Waals surface area contributed by atoms with Gasteiger partial charge in [0, 0.05) is 26.0 Å². The molecule has 0 spiro atoms. The summed E-state index contributed by atoms with van der Waals surface area (Å²) in [6.45, 7) is 5.59. The van der Waals surface area contributed by atoms with E-state index in [0.717, 1.165) is 13.2 Å². The lowest BCUT2D eigenvalue weighted by atomic mass is 10.1. The van der Waals surface area contributed by atoms with Crippen molar-refractivity contribution < 1.29 is 52.5 Å². The van der Waals surface area contributed by atoms with E-state index >= 15 is 0 Å². The fourth-order valence-electron chi connectivity index (χ4n) is 1.40. The van der Waals surface area contributed by atoms with Gasteiger partial charge in [-0.3, -0.25) is 4.55 Å². The average Bonchev–Trinajstić information content (AvgIpc) is 2.82. The number of rotatable bonds is 5. The van der Waals surface area contributed by atoms with Crippen LogP contribution in [0.15, 0.2) is 25.1 Å². The molecule has 0 saturated carbocycles. The highest BCUT2D eigenvalue weighted by molar-refractivity contribution is 7.87. The summed E-state index contributed by atoms with van der Waals surface area (Å²) in [6.07, 6.45) is -1.10. The van der Waals surface area contributed by atoms with Gasteiger partial charge in [-0.1, -0.05) is 6.08 Å². The predicted molar refractivity (Wildman–Crippen MR) is 71.1 cm³/mol. The Morgan fingerprint density at radius 2 is 1.50 bits per heavy atom. The van der Waals surface area contributed by atoms with Crippen LogP contribution in [0.2, 0.25) is 0 Å². The lowest BCUT2D eigenvalue weighted by Gasteiger charge is -2.31. The van der Waals surface area contributed by atoms with Crippen molar-refractivity contribution in [3.63, 3.8) is 0 Å². The zero-order chi connectivity index (χ0) is 21.2. The predicted octanol–water partition coefficient (Wildman–Crippen LogP) is 3.15. The molecule has 0 aromatic carbocycles. The molecule has 1 aliphatic rings. The Labute approximate surface area is 142 Å². The third-order valence-electron chi connectivity index (χ3n) is 2.74. The van der Waals surface area contributed by atoms with Crippen molar-refractivity contribution in [2.45, 2.75) is 23.3 Å². The van der Waals surface area contributed by atoms with Crippen LogP contribution in [-0.4, -0.2) is 66.3 Å². The van der Waals surface area contributed by atoms with Crippen LogP contribution in [0.5, 0.6) is 0 Å². The largest absolute Gasteiger partial charge is 0.460 e. The first kappa shape index (κ1) is 24.4. The lowest BCUT2D eigenvalue weighted by Crippen LogP contribution is -2.63. The third kappa shape index (κ3) is 4.75. The molecule has 26 heavy (non-hydrogen) atoms. The zero-order valence-corrected chi connectivity index (χ0v) is 13.6. The van der Waals surface area contributed by atoms with Crippen LogP contribution in [-0.2, 0) is 10.1 Å². The van der Waals surface area contributed by atoms with Gasteiger partial charge < -0.3 is 9.80 Å². The van der Waals surface area contributed by atoms with Crippen molar-refractivity contribution in [3.05, 3.63) is 25.1 Å². The van der Waals surface area contributed by atoms with Gasteiger partial charge in [0.05, 0.1) is 6.67 Å². The van der Waals surface area contributed by atoms with E-state index in [1.807, 2.05) is 6.08 Å². The molecule has 1 aliphatic heterocycles. The van der Waals surface area contributed by atoms with Crippen LogP contribution >= 0.6 is 0 Å². The summed E-state index contributed by atoms with van der Waals surface area (Å²) >= 11 is 0. The van der Waals surface area contributed by atoms with Gasteiger partial charge in [-0.15, -0.1) is 6.58 Å². The second-order valence-electron chi connectivity index (χ2n) is 4.89. The summed E-state index contributed by atoms with van der Waals surface area (Å²) in [4.78, 5) is 4.32. The molecule has 0 saturated heterocycles. The summed E-state index contributed by atoms with van der Waals surface area (Å²) in [7, 11) is -5.11. The van der Waals surface area contributed by atoms with Crippen LogP contribution in [0, 0.1) is 0 Å². The first-order valence-corrected chi connectivity index (χ1v) is 7.67. The van der Waals surface area contributed by atoms with Crippen molar-refractivity contribution in [1.29, 1.82) is 0 Å². The Balaban J connectivity index is 0.000000577. The number of alkyl halides is 9. The van der Waals surface area contributed by atoms with Crippen LogP contribution < -0.4 is 0 Å². The fraction of sp³-hybridized carbons (Fsp3) is 0.636. The zero-order valence-electron chi connectivity index (χ0n) is 12.8. The molecular formula is C11H13F9N2O3S. The minimum absolute atomic E-state index is 0.945. The van der Waals surface area contributed by atoms with Gasteiger partial charge in [-0.25, -0.2) is 0 Å². The summed E-state index contributed by atoms with van der Waals surface area (Å²) in [5, 5.41) is -7.00. The highest BCUT2D eigenvalue weighted by Gasteiger charge is 2.85. The van der Waals surface area contributed by atoms with Gasteiger partial charge in [0.15, 0.2) is 0 Å². The molecule has 0 aromatic rings. The van der Waals surface area contributed by atoms with Gasteiger partial charge in [-0.2, -0.15) is 47.9 Å². The van der Waals surface area contributed by atoms with Crippen molar-refractivity contribution in [2.75, 3.05) is 20.3 Å². The standard InChI is InChI=1S/C7H12N2.C4HF9O3S/c1-3-4-9-6-5-8(2)7-9;5-1(6,3(9,10)11)2(7,8)4(12,13)17(14,15)16/h3,5-6H,1,4,7H2,2H3;(H,14,15,16). The highest BCUT2D eigenvalue weighted by Crippen LogP contribution is 2.54. The summed E-state index contributed by atoms with van der Waals surface area (Å²) in [5.74, 6) is -14.7. The molecule has 0 amide bonds. The van der Waals surface area contributed by atoms with E-state index in [9.17, 15) is 47.9 Å². The average molecular weight is 424 g/mol. The molecule has 0 fully saturated rings. The van der Waals surface area contributed by atoms with Crippen molar-refractivity contribution in [1.82, 2.24) is 9.80 Å². The number of hydrogen-bond donors (Lipinski definition) is 1. The first-order chi connectivity index (χ1) is 11.3. The lowest BCUT2D eigenvalue weighted by molar-refractivity contribution is -0.382. The molecule has 15 heteroatoms. The minimum atomic E-state index is -7.37. The maximum absolute atomic E-state index is 12.2. The topological polar surface area (TPSA) is 60.9 Å². The number of halogens is 9. The van der Waals surface area contributed by atoms with Gasteiger partial charge in [-0.05, 0) is 0 Å². The molecule has 0 aliphatic carbocycles. The van der Waals surface area contributed by atoms with Crippen LogP contribution in [0.4, 0.5) is 39.5 Å². The molecule has 1 rings (SSSR count). The van der Waals surface area contributed by atoms with E-state index in [-0.39, 0.29) is 0 Å². The van der Waals surface area contributed by atoms with Gasteiger partial charge in [0.2, 0.25) is 0 Å². The van der Waals surface area contributed by atoms with E-state index in [1.54, 1.807) is 0 Å². The molecule has 0 unspecified atom stereocenters. The third-order valence-corrected chi connectivity index (χ3v) is 3.64. The molecule has 0 radical (unpaired) electrons. The van der Waals surface area contributed by atoms with Gasteiger partial charge in [0.1, 0.15) is 0 Å². The minimum Gasteiger partial charge on any atom is -0.362 e. The Kier molecular flexibility index (Phi) is 7.06. The van der Waals surface area contributed by atoms with E-state index in [4.69, 9.17) is 4.55 Å². The summed E-state index contributed by atoms with van der Waals surface area (Å²) < 4.78 is 134. The van der Waals surface area contributed by atoms with Crippen LogP contribution in [0.1, 0.15) is 0 Å². The quantitative estimate of drug-likeness (QED) is 0.418. The van der Waals surface area contributed by atoms with E-state index in [0.29, 0.717) is 0 Å². The maximum atomic E-state index is 12.2. The Bertz CT molecular complexity index is 631.